The van der Waals surface area contributed by atoms with Crippen LogP contribution in [0.4, 0.5) is 0 Å². The van der Waals surface area contributed by atoms with Crippen molar-refractivity contribution in [1.82, 2.24) is 5.43 Å². The van der Waals surface area contributed by atoms with Crippen molar-refractivity contribution < 1.29 is 14.6 Å². The van der Waals surface area contributed by atoms with Crippen molar-refractivity contribution in [3.63, 3.8) is 0 Å². The number of phenolic OH excluding ortho intramolecular Hbond substituents is 1. The Hall–Kier alpha value is -2.05. The molecule has 0 heterocycles. The minimum absolute atomic E-state index is 0.0669. The largest absolute Gasteiger partial charge is 0.507 e. The van der Waals surface area contributed by atoms with Gasteiger partial charge in [-0.2, -0.15) is 5.10 Å². The average molecular weight is 412 g/mol. The van der Waals surface area contributed by atoms with Crippen LogP contribution >= 0.6 is 27.5 Å². The summed E-state index contributed by atoms with van der Waals surface area (Å²) in [5.41, 5.74) is 3.70. The lowest BCUT2D eigenvalue weighted by Crippen LogP contribution is -2.33. The third kappa shape index (κ3) is 4.97. The molecule has 0 spiro atoms. The Bertz CT molecular complexity index is 780. The highest BCUT2D eigenvalue weighted by Crippen LogP contribution is 2.23. The summed E-state index contributed by atoms with van der Waals surface area (Å²) in [5, 5.41) is 14.1. The van der Waals surface area contributed by atoms with Crippen molar-refractivity contribution in [3.05, 3.63) is 57.0 Å². The lowest BCUT2D eigenvalue weighted by molar-refractivity contribution is -0.127. The third-order valence-corrected chi connectivity index (χ3v) is 3.91. The van der Waals surface area contributed by atoms with Gasteiger partial charge in [0.15, 0.2) is 6.10 Å². The van der Waals surface area contributed by atoms with Crippen molar-refractivity contribution >= 4 is 39.7 Å². The summed E-state index contributed by atoms with van der Waals surface area (Å²) in [7, 11) is 0. The van der Waals surface area contributed by atoms with Gasteiger partial charge in [0.05, 0.1) is 6.21 Å². The van der Waals surface area contributed by atoms with Crippen LogP contribution in [0.2, 0.25) is 5.02 Å². The van der Waals surface area contributed by atoms with Crippen LogP contribution in [0.3, 0.4) is 0 Å². The number of aromatic hydroxyl groups is 1. The molecule has 1 atom stereocenters. The van der Waals surface area contributed by atoms with Crippen molar-refractivity contribution in [1.29, 1.82) is 0 Å². The molecule has 0 saturated carbocycles. The van der Waals surface area contributed by atoms with Gasteiger partial charge in [-0.3, -0.25) is 4.79 Å². The first-order valence-electron chi connectivity index (χ1n) is 7.11. The van der Waals surface area contributed by atoms with Gasteiger partial charge in [0.2, 0.25) is 0 Å². The molecule has 126 valence electrons. The fourth-order valence-corrected chi connectivity index (χ4v) is 2.48. The van der Waals surface area contributed by atoms with Crippen LogP contribution in [-0.2, 0) is 4.79 Å². The maximum atomic E-state index is 12.0. The molecule has 0 fully saturated rings. The first-order chi connectivity index (χ1) is 11.4. The number of rotatable bonds is 5. The molecule has 2 N–H and O–H groups in total. The number of hydrazone groups is 1. The highest BCUT2D eigenvalue weighted by Gasteiger charge is 2.15. The molecule has 1 amide bonds. The number of aryl methyl sites for hydroxylation is 1. The topological polar surface area (TPSA) is 70.9 Å². The van der Waals surface area contributed by atoms with E-state index in [-0.39, 0.29) is 5.75 Å². The van der Waals surface area contributed by atoms with Gasteiger partial charge in [0.1, 0.15) is 11.5 Å². The van der Waals surface area contributed by atoms with Crippen molar-refractivity contribution in [2.75, 3.05) is 0 Å². The zero-order chi connectivity index (χ0) is 17.7. The Morgan fingerprint density at radius 3 is 2.83 bits per heavy atom. The molecule has 0 aliphatic carbocycles. The molecule has 0 aromatic heterocycles. The van der Waals surface area contributed by atoms with Crippen LogP contribution in [0.5, 0.6) is 11.5 Å². The number of phenols is 1. The highest BCUT2D eigenvalue weighted by atomic mass is 79.9. The summed E-state index contributed by atoms with van der Waals surface area (Å²) in [6.07, 6.45) is 0.622. The minimum Gasteiger partial charge on any atom is -0.507 e. The predicted octanol–water partition coefficient (Wildman–Crippen LogP) is 4.03. The molecule has 0 saturated heterocycles. The van der Waals surface area contributed by atoms with Gasteiger partial charge in [-0.05, 0) is 55.8 Å². The molecular formula is C17H16BrClN2O3. The quantitative estimate of drug-likeness (QED) is 0.576. The zero-order valence-electron chi connectivity index (χ0n) is 13.1. The number of carbonyl (C=O) groups excluding carboxylic acids is 1. The Kier molecular flexibility index (Phi) is 6.23. The van der Waals surface area contributed by atoms with Gasteiger partial charge >= 0.3 is 0 Å². The predicted molar refractivity (Wildman–Crippen MR) is 97.8 cm³/mol. The molecule has 2 aromatic carbocycles. The second-order valence-electron chi connectivity index (χ2n) is 5.11. The molecule has 7 heteroatoms. The van der Waals surface area contributed by atoms with E-state index in [4.69, 9.17) is 16.3 Å². The number of amides is 1. The van der Waals surface area contributed by atoms with Gasteiger partial charge in [-0.25, -0.2) is 5.43 Å². The van der Waals surface area contributed by atoms with Crippen molar-refractivity contribution in [2.24, 2.45) is 5.10 Å². The highest BCUT2D eigenvalue weighted by molar-refractivity contribution is 9.10. The van der Waals surface area contributed by atoms with E-state index >= 15 is 0 Å². The van der Waals surface area contributed by atoms with E-state index in [1.165, 1.54) is 12.3 Å². The minimum atomic E-state index is -0.738. The third-order valence-electron chi connectivity index (χ3n) is 3.18. The van der Waals surface area contributed by atoms with E-state index in [2.05, 4.69) is 26.5 Å². The van der Waals surface area contributed by atoms with Crippen LogP contribution in [0, 0.1) is 6.92 Å². The van der Waals surface area contributed by atoms with E-state index in [1.807, 2.05) is 6.92 Å². The summed E-state index contributed by atoms with van der Waals surface area (Å²) < 4.78 is 6.40. The van der Waals surface area contributed by atoms with E-state index < -0.39 is 12.0 Å². The second kappa shape index (κ2) is 8.17. The van der Waals surface area contributed by atoms with Crippen LogP contribution in [-0.4, -0.2) is 23.3 Å². The summed E-state index contributed by atoms with van der Waals surface area (Å²) in [4.78, 5) is 12.0. The van der Waals surface area contributed by atoms with E-state index in [1.54, 1.807) is 37.3 Å². The standard InChI is InChI=1S/C17H16BrClN2O3/c1-10-7-14(19)4-6-16(10)24-11(2)17(23)21-20-9-12-8-13(18)3-5-15(12)22/h3-9,11,22H,1-2H3,(H,21,23)/b20-9+. The fourth-order valence-electron chi connectivity index (χ4n) is 1.87. The fraction of sp³-hybridized carbons (Fsp3) is 0.176. The molecule has 0 radical (unpaired) electrons. The Morgan fingerprint density at radius 2 is 2.12 bits per heavy atom. The van der Waals surface area contributed by atoms with Gasteiger partial charge in [-0.1, -0.05) is 27.5 Å². The van der Waals surface area contributed by atoms with Crippen LogP contribution < -0.4 is 10.2 Å². The normalized spacial score (nSPS) is 12.2. The van der Waals surface area contributed by atoms with E-state index in [9.17, 15) is 9.90 Å². The number of hydrogen-bond donors (Lipinski definition) is 2. The molecule has 5 nitrogen and oxygen atoms in total. The van der Waals surface area contributed by atoms with Crippen LogP contribution in [0.25, 0.3) is 0 Å². The maximum absolute atomic E-state index is 12.0. The number of halogens is 2. The average Bonchev–Trinajstić information content (AvgIpc) is 2.53. The molecule has 2 rings (SSSR count). The van der Waals surface area contributed by atoms with Crippen LogP contribution in [0.1, 0.15) is 18.1 Å². The maximum Gasteiger partial charge on any atom is 0.280 e. The van der Waals surface area contributed by atoms with Crippen molar-refractivity contribution in [2.45, 2.75) is 20.0 Å². The summed E-state index contributed by atoms with van der Waals surface area (Å²) in [5.74, 6) is 0.239. The molecule has 0 bridgehead atoms. The van der Waals surface area contributed by atoms with E-state index in [0.29, 0.717) is 16.3 Å². The monoisotopic (exact) mass is 410 g/mol. The first-order valence-corrected chi connectivity index (χ1v) is 8.28. The Labute approximate surface area is 153 Å². The van der Waals surface area contributed by atoms with Crippen LogP contribution in [0.15, 0.2) is 46.0 Å². The number of hydrogen-bond acceptors (Lipinski definition) is 4. The van der Waals surface area contributed by atoms with Crippen molar-refractivity contribution in [3.8, 4) is 11.5 Å². The number of nitrogens with zero attached hydrogens (tertiary/aromatic N) is 1. The first kappa shape index (κ1) is 18.3. The SMILES string of the molecule is Cc1cc(Cl)ccc1OC(C)C(=O)N/N=C/c1cc(Br)ccc1O. The molecule has 0 aliphatic heterocycles. The van der Waals surface area contributed by atoms with E-state index in [0.717, 1.165) is 10.0 Å². The zero-order valence-corrected chi connectivity index (χ0v) is 15.4. The van der Waals surface area contributed by atoms with Gasteiger partial charge in [-0.15, -0.1) is 0 Å². The molecular weight excluding hydrogens is 396 g/mol. The smallest absolute Gasteiger partial charge is 0.280 e. The Morgan fingerprint density at radius 1 is 1.38 bits per heavy atom. The van der Waals surface area contributed by atoms with Gasteiger partial charge < -0.3 is 9.84 Å². The Balaban J connectivity index is 1.96. The number of ether oxygens (including phenoxy) is 1. The summed E-state index contributed by atoms with van der Waals surface area (Å²) in [6, 6.07) is 10.1. The molecule has 2 aromatic rings. The number of nitrogens with one attached hydrogen (secondary N) is 1. The number of carbonyl (C=O) groups is 1. The molecule has 1 unspecified atom stereocenters. The lowest BCUT2D eigenvalue weighted by Gasteiger charge is -2.14. The summed E-state index contributed by atoms with van der Waals surface area (Å²) >= 11 is 9.19. The lowest BCUT2D eigenvalue weighted by atomic mass is 10.2. The molecule has 24 heavy (non-hydrogen) atoms. The van der Waals surface area contributed by atoms with Gasteiger partial charge in [0.25, 0.3) is 5.91 Å². The second-order valence-corrected chi connectivity index (χ2v) is 6.46. The van der Waals surface area contributed by atoms with Gasteiger partial charge in [0, 0.05) is 15.1 Å². The summed E-state index contributed by atoms with van der Waals surface area (Å²) in [6.45, 7) is 3.47. The molecule has 0 aliphatic rings. The number of benzene rings is 2.